The number of anilines is 1. The molecule has 0 saturated carbocycles. The Balaban J connectivity index is 1.61. The van der Waals surface area contributed by atoms with Crippen molar-refractivity contribution in [3.63, 3.8) is 0 Å². The Bertz CT molecular complexity index is 1620. The second-order valence-electron chi connectivity index (χ2n) is 8.71. The van der Waals surface area contributed by atoms with Crippen LogP contribution in [0.1, 0.15) is 39.9 Å². The Labute approximate surface area is 235 Å². The number of ether oxygens (including phenoxy) is 2. The summed E-state index contributed by atoms with van der Waals surface area (Å²) in [7, 11) is 1.32. The van der Waals surface area contributed by atoms with Crippen LogP contribution in [0.25, 0.3) is 22.6 Å². The fourth-order valence-corrected chi connectivity index (χ4v) is 4.81. The summed E-state index contributed by atoms with van der Waals surface area (Å²) in [5.74, 6) is 1.42. The van der Waals surface area contributed by atoms with Gasteiger partial charge in [0.25, 0.3) is 0 Å². The maximum atomic E-state index is 11.7. The van der Waals surface area contributed by atoms with Crippen LogP contribution < -0.4 is 10.5 Å². The number of esters is 1. The first-order chi connectivity index (χ1) is 19.2. The first-order valence-electron chi connectivity index (χ1n) is 12.1. The van der Waals surface area contributed by atoms with Crippen LogP contribution in [0.2, 0.25) is 0 Å². The van der Waals surface area contributed by atoms with E-state index in [-0.39, 0.29) is 23.6 Å². The largest absolute Gasteiger partial charge is 0.491 e. The van der Waals surface area contributed by atoms with Gasteiger partial charge < -0.3 is 24.7 Å². The van der Waals surface area contributed by atoms with Gasteiger partial charge in [0, 0.05) is 16.9 Å². The highest BCUT2D eigenvalue weighted by molar-refractivity contribution is 7.98. The van der Waals surface area contributed by atoms with E-state index in [2.05, 4.69) is 22.1 Å². The van der Waals surface area contributed by atoms with Gasteiger partial charge in [0.1, 0.15) is 46.7 Å². The number of nitrogens with zero attached hydrogens (tertiary/aromatic N) is 4. The van der Waals surface area contributed by atoms with Gasteiger partial charge >= 0.3 is 5.97 Å². The Hall–Kier alpha value is -4.84. The number of methoxy groups -OCH3 is 1. The molecule has 2 aromatic carbocycles. The van der Waals surface area contributed by atoms with E-state index in [0.717, 1.165) is 0 Å². The van der Waals surface area contributed by atoms with Crippen molar-refractivity contribution < 1.29 is 23.8 Å². The third-order valence-corrected chi connectivity index (χ3v) is 6.83. The SMILES string of the molecule is COC(=O)c1ccc(-c2nc(CSc3nc(N)c(C#N)c(-c4ccc(OC[C@H](C)O)cc4)c3C#N)c(C)o2)cc1. The Morgan fingerprint density at radius 3 is 2.33 bits per heavy atom. The number of carbonyl (C=O) groups excluding carboxylic acids is 1. The molecule has 0 bridgehead atoms. The molecule has 0 aliphatic carbocycles. The van der Waals surface area contributed by atoms with E-state index in [1.807, 2.05) is 0 Å². The van der Waals surface area contributed by atoms with Crippen molar-refractivity contribution >= 4 is 23.5 Å². The third-order valence-electron chi connectivity index (χ3n) is 5.84. The standard InChI is InChI=1S/C29H25N5O5S/c1-16(35)14-38-21-10-8-18(9-11-21)25-22(12-30)26(32)34-28(23(25)13-31)40-15-24-17(2)39-27(33-24)19-4-6-20(7-5-19)29(36)37-3/h4-11,16,35H,14-15H2,1-3H3,(H2,32,34)/t16-/m0/s1. The quantitative estimate of drug-likeness (QED) is 0.213. The average Bonchev–Trinajstić information content (AvgIpc) is 3.34. The maximum Gasteiger partial charge on any atom is 0.337 e. The zero-order chi connectivity index (χ0) is 28.8. The molecule has 202 valence electrons. The molecule has 3 N–H and O–H groups in total. The van der Waals surface area contributed by atoms with Gasteiger partial charge in [0.15, 0.2) is 0 Å². The van der Waals surface area contributed by atoms with Crippen molar-refractivity contribution in [2.75, 3.05) is 19.5 Å². The van der Waals surface area contributed by atoms with Gasteiger partial charge in [-0.05, 0) is 55.8 Å². The Kier molecular flexibility index (Phi) is 8.70. The van der Waals surface area contributed by atoms with Gasteiger partial charge in [-0.1, -0.05) is 23.9 Å². The van der Waals surface area contributed by atoms with E-state index in [0.29, 0.717) is 56.1 Å². The van der Waals surface area contributed by atoms with E-state index in [4.69, 9.17) is 19.6 Å². The van der Waals surface area contributed by atoms with Gasteiger partial charge in [-0.3, -0.25) is 0 Å². The lowest BCUT2D eigenvalue weighted by Crippen LogP contribution is -2.12. The predicted octanol–water partition coefficient (Wildman–Crippen LogP) is 4.88. The first-order valence-corrected chi connectivity index (χ1v) is 13.1. The van der Waals surface area contributed by atoms with Crippen LogP contribution in [0.5, 0.6) is 5.75 Å². The molecule has 0 radical (unpaired) electrons. The number of oxazole rings is 1. The Morgan fingerprint density at radius 2 is 1.73 bits per heavy atom. The summed E-state index contributed by atoms with van der Waals surface area (Å²) in [5, 5.41) is 29.7. The van der Waals surface area contributed by atoms with Crippen molar-refractivity contribution in [1.82, 2.24) is 9.97 Å². The molecule has 2 aromatic heterocycles. The number of hydrogen-bond acceptors (Lipinski definition) is 11. The molecular formula is C29H25N5O5S. The van der Waals surface area contributed by atoms with Crippen LogP contribution in [0.4, 0.5) is 5.82 Å². The molecule has 0 saturated heterocycles. The summed E-state index contributed by atoms with van der Waals surface area (Å²) in [4.78, 5) is 20.6. The smallest absolute Gasteiger partial charge is 0.337 e. The number of rotatable bonds is 9. The highest BCUT2D eigenvalue weighted by Crippen LogP contribution is 2.37. The van der Waals surface area contributed by atoms with Gasteiger partial charge in [-0.15, -0.1) is 0 Å². The monoisotopic (exact) mass is 555 g/mol. The molecule has 4 rings (SSSR count). The molecule has 10 nitrogen and oxygen atoms in total. The lowest BCUT2D eigenvalue weighted by Gasteiger charge is -2.14. The fraction of sp³-hybridized carbons (Fsp3) is 0.207. The second kappa shape index (κ2) is 12.3. The number of carbonyl (C=O) groups is 1. The number of thioether (sulfide) groups is 1. The number of aliphatic hydroxyl groups is 1. The molecule has 0 aliphatic heterocycles. The molecule has 0 unspecified atom stereocenters. The highest BCUT2D eigenvalue weighted by Gasteiger charge is 2.22. The minimum Gasteiger partial charge on any atom is -0.491 e. The van der Waals surface area contributed by atoms with Crippen LogP contribution in [-0.4, -0.2) is 40.9 Å². The molecule has 0 amide bonds. The van der Waals surface area contributed by atoms with Crippen molar-refractivity contribution in [2.24, 2.45) is 0 Å². The number of nitrogen functional groups attached to an aromatic ring is 1. The van der Waals surface area contributed by atoms with Gasteiger partial charge in [0.05, 0.1) is 30.0 Å². The number of hydrogen-bond donors (Lipinski definition) is 2. The zero-order valence-electron chi connectivity index (χ0n) is 22.0. The minimum absolute atomic E-state index is 0.0108. The number of aliphatic hydroxyl groups excluding tert-OH is 1. The maximum absolute atomic E-state index is 11.7. The van der Waals surface area contributed by atoms with E-state index in [1.165, 1.54) is 18.9 Å². The molecule has 0 aliphatic rings. The van der Waals surface area contributed by atoms with E-state index >= 15 is 0 Å². The summed E-state index contributed by atoms with van der Waals surface area (Å²) in [6.45, 7) is 3.54. The Morgan fingerprint density at radius 1 is 1.07 bits per heavy atom. The van der Waals surface area contributed by atoms with Crippen molar-refractivity contribution in [2.45, 2.75) is 30.7 Å². The number of pyridine rings is 1. The van der Waals surface area contributed by atoms with Crippen LogP contribution in [0, 0.1) is 29.6 Å². The van der Waals surface area contributed by atoms with Gasteiger partial charge in [-0.2, -0.15) is 10.5 Å². The molecule has 0 fully saturated rings. The molecule has 1 atom stereocenters. The highest BCUT2D eigenvalue weighted by atomic mass is 32.2. The van der Waals surface area contributed by atoms with E-state index in [9.17, 15) is 20.4 Å². The normalized spacial score (nSPS) is 11.3. The molecule has 2 heterocycles. The van der Waals surface area contributed by atoms with Crippen molar-refractivity contribution in [3.8, 4) is 40.5 Å². The van der Waals surface area contributed by atoms with Crippen molar-refractivity contribution in [3.05, 3.63) is 76.7 Å². The molecule has 40 heavy (non-hydrogen) atoms. The van der Waals surface area contributed by atoms with Gasteiger partial charge in [-0.25, -0.2) is 14.8 Å². The second-order valence-corrected chi connectivity index (χ2v) is 9.68. The van der Waals surface area contributed by atoms with Gasteiger partial charge in [0.2, 0.25) is 5.89 Å². The third kappa shape index (κ3) is 6.07. The van der Waals surface area contributed by atoms with Crippen LogP contribution >= 0.6 is 11.8 Å². The van der Waals surface area contributed by atoms with Crippen molar-refractivity contribution in [1.29, 1.82) is 10.5 Å². The molecule has 11 heteroatoms. The van der Waals surface area contributed by atoms with Crippen LogP contribution in [-0.2, 0) is 10.5 Å². The van der Waals surface area contributed by atoms with E-state index in [1.54, 1.807) is 62.4 Å². The number of benzene rings is 2. The fourth-order valence-electron chi connectivity index (χ4n) is 3.81. The topological polar surface area (TPSA) is 168 Å². The zero-order valence-corrected chi connectivity index (χ0v) is 22.8. The van der Waals surface area contributed by atoms with Crippen LogP contribution in [0.3, 0.4) is 0 Å². The summed E-state index contributed by atoms with van der Waals surface area (Å²) >= 11 is 1.25. The molecular weight excluding hydrogens is 530 g/mol. The number of nitrogens with two attached hydrogens (primary N) is 1. The number of aromatic nitrogens is 2. The predicted molar refractivity (Wildman–Crippen MR) is 148 cm³/mol. The number of aryl methyl sites for hydroxylation is 1. The lowest BCUT2D eigenvalue weighted by atomic mass is 9.97. The molecule has 0 spiro atoms. The minimum atomic E-state index is -0.619. The van der Waals surface area contributed by atoms with E-state index < -0.39 is 12.1 Å². The first kappa shape index (κ1) is 28.2. The summed E-state index contributed by atoms with van der Waals surface area (Å²) in [6, 6.07) is 17.8. The summed E-state index contributed by atoms with van der Waals surface area (Å²) in [6.07, 6.45) is -0.619. The van der Waals surface area contributed by atoms with Crippen LogP contribution in [0.15, 0.2) is 58.0 Å². The summed E-state index contributed by atoms with van der Waals surface area (Å²) in [5.41, 5.74) is 9.20. The average molecular weight is 556 g/mol. The summed E-state index contributed by atoms with van der Waals surface area (Å²) < 4.78 is 16.1. The molecule has 4 aromatic rings. The number of nitriles is 2. The lowest BCUT2D eigenvalue weighted by molar-refractivity contribution is 0.0600.